The lowest BCUT2D eigenvalue weighted by atomic mass is 9.99. The molecule has 20 heavy (non-hydrogen) atoms. The molecule has 0 bridgehead atoms. The second-order valence-corrected chi connectivity index (χ2v) is 5.87. The van der Waals surface area contributed by atoms with Crippen molar-refractivity contribution in [3.05, 3.63) is 68.1 Å². The van der Waals surface area contributed by atoms with Crippen LogP contribution in [-0.2, 0) is 6.42 Å². The average Bonchev–Trinajstić information content (AvgIpc) is 2.44. The number of nitrogens with two attached hydrogens (primary N) is 1. The third-order valence-corrected chi connectivity index (χ3v) is 4.74. The third kappa shape index (κ3) is 3.25. The zero-order valence-electron chi connectivity index (χ0n) is 10.3. The molecular formula is C14H12Br2F2N2. The predicted molar refractivity (Wildman–Crippen MR) is 82.0 cm³/mol. The summed E-state index contributed by atoms with van der Waals surface area (Å²) in [5.74, 6) is 4.86. The monoisotopic (exact) mass is 404 g/mol. The van der Waals surface area contributed by atoms with Gasteiger partial charge < -0.3 is 0 Å². The minimum atomic E-state index is -0.360. The van der Waals surface area contributed by atoms with Crippen LogP contribution in [0.3, 0.4) is 0 Å². The van der Waals surface area contributed by atoms with E-state index in [1.54, 1.807) is 24.3 Å². The van der Waals surface area contributed by atoms with Crippen LogP contribution >= 0.6 is 31.9 Å². The van der Waals surface area contributed by atoms with Crippen LogP contribution in [0.2, 0.25) is 0 Å². The van der Waals surface area contributed by atoms with Gasteiger partial charge in [-0.3, -0.25) is 11.3 Å². The molecule has 0 aliphatic carbocycles. The Hall–Kier alpha value is -0.820. The molecule has 0 aliphatic rings. The number of benzene rings is 2. The first-order chi connectivity index (χ1) is 9.54. The molecule has 1 atom stereocenters. The summed E-state index contributed by atoms with van der Waals surface area (Å²) in [7, 11) is 0. The number of nitrogens with one attached hydrogen (secondary N) is 1. The molecular weight excluding hydrogens is 394 g/mol. The van der Waals surface area contributed by atoms with Gasteiger partial charge in [0.2, 0.25) is 0 Å². The van der Waals surface area contributed by atoms with Gasteiger partial charge in [-0.25, -0.2) is 8.78 Å². The van der Waals surface area contributed by atoms with Gasteiger partial charge in [0.05, 0.1) is 15.0 Å². The van der Waals surface area contributed by atoms with Crippen molar-refractivity contribution >= 4 is 31.9 Å². The molecule has 0 radical (unpaired) electrons. The van der Waals surface area contributed by atoms with Crippen LogP contribution in [-0.4, -0.2) is 0 Å². The van der Waals surface area contributed by atoms with Gasteiger partial charge >= 0.3 is 0 Å². The van der Waals surface area contributed by atoms with Crippen LogP contribution in [0.1, 0.15) is 17.2 Å². The molecule has 2 aromatic rings. The Morgan fingerprint density at radius 1 is 1.00 bits per heavy atom. The van der Waals surface area contributed by atoms with Crippen LogP contribution in [0.5, 0.6) is 0 Å². The van der Waals surface area contributed by atoms with Crippen LogP contribution in [0.25, 0.3) is 0 Å². The van der Waals surface area contributed by atoms with Gasteiger partial charge in [-0.2, -0.15) is 0 Å². The highest BCUT2D eigenvalue weighted by molar-refractivity contribution is 9.10. The van der Waals surface area contributed by atoms with Gasteiger partial charge in [0.1, 0.15) is 11.6 Å². The quantitative estimate of drug-likeness (QED) is 0.589. The predicted octanol–water partition coefficient (Wildman–Crippen LogP) is 4.24. The third-order valence-electron chi connectivity index (χ3n) is 3.01. The number of halogens is 4. The molecule has 1 unspecified atom stereocenters. The fourth-order valence-corrected chi connectivity index (χ4v) is 2.94. The Morgan fingerprint density at radius 2 is 1.60 bits per heavy atom. The van der Waals surface area contributed by atoms with Crippen molar-refractivity contribution in [3.8, 4) is 0 Å². The van der Waals surface area contributed by atoms with Crippen LogP contribution in [0, 0.1) is 11.6 Å². The summed E-state index contributed by atoms with van der Waals surface area (Å²) in [5, 5.41) is 0. The maximum absolute atomic E-state index is 13.6. The maximum atomic E-state index is 13.6. The van der Waals surface area contributed by atoms with E-state index in [1.165, 1.54) is 12.1 Å². The van der Waals surface area contributed by atoms with E-state index in [2.05, 4.69) is 37.3 Å². The van der Waals surface area contributed by atoms with Crippen molar-refractivity contribution < 1.29 is 8.78 Å². The van der Waals surface area contributed by atoms with E-state index in [4.69, 9.17) is 5.84 Å². The van der Waals surface area contributed by atoms with E-state index in [0.717, 1.165) is 5.56 Å². The molecule has 2 nitrogen and oxygen atoms in total. The SMILES string of the molecule is NNC(Cc1cccc(F)c1Br)c1cccc(F)c1Br. The minimum Gasteiger partial charge on any atom is -0.271 e. The standard InChI is InChI=1S/C14H12Br2F2N2/c15-13-8(3-1-5-10(13)17)7-12(20-19)9-4-2-6-11(18)14(9)16/h1-6,12,20H,7,19H2. The van der Waals surface area contributed by atoms with E-state index in [1.807, 2.05) is 0 Å². The van der Waals surface area contributed by atoms with Crippen molar-refractivity contribution in [3.63, 3.8) is 0 Å². The lowest BCUT2D eigenvalue weighted by molar-refractivity contribution is 0.536. The summed E-state index contributed by atoms with van der Waals surface area (Å²) in [6.45, 7) is 0. The Labute approximate surface area is 132 Å². The second kappa shape index (κ2) is 6.76. The van der Waals surface area contributed by atoms with Gasteiger partial charge in [-0.1, -0.05) is 24.3 Å². The topological polar surface area (TPSA) is 38.0 Å². The Morgan fingerprint density at radius 3 is 2.25 bits per heavy atom. The number of hydrogen-bond acceptors (Lipinski definition) is 2. The van der Waals surface area contributed by atoms with Gasteiger partial charge in [-0.05, 0) is 61.5 Å². The summed E-state index contributed by atoms with van der Waals surface area (Å²) >= 11 is 6.43. The van der Waals surface area contributed by atoms with Gasteiger partial charge in [0.25, 0.3) is 0 Å². The van der Waals surface area contributed by atoms with Crippen molar-refractivity contribution in [2.75, 3.05) is 0 Å². The van der Waals surface area contributed by atoms with Crippen LogP contribution in [0.4, 0.5) is 8.78 Å². The van der Waals surface area contributed by atoms with Gasteiger partial charge in [0.15, 0.2) is 0 Å². The minimum absolute atomic E-state index is 0.335. The fourth-order valence-electron chi connectivity index (χ4n) is 1.97. The molecule has 0 fully saturated rings. The normalized spacial score (nSPS) is 12.4. The van der Waals surface area contributed by atoms with E-state index in [9.17, 15) is 8.78 Å². The lowest BCUT2D eigenvalue weighted by Crippen LogP contribution is -2.30. The Balaban J connectivity index is 2.34. The average molecular weight is 406 g/mol. The van der Waals surface area contributed by atoms with Crippen molar-refractivity contribution in [1.29, 1.82) is 0 Å². The lowest BCUT2D eigenvalue weighted by Gasteiger charge is -2.19. The first kappa shape index (κ1) is 15.6. The van der Waals surface area contributed by atoms with Crippen molar-refractivity contribution in [2.24, 2.45) is 5.84 Å². The van der Waals surface area contributed by atoms with Crippen molar-refractivity contribution in [1.82, 2.24) is 5.43 Å². The van der Waals surface area contributed by atoms with Crippen LogP contribution < -0.4 is 11.3 Å². The second-order valence-electron chi connectivity index (χ2n) is 4.28. The molecule has 0 heterocycles. The molecule has 2 rings (SSSR count). The van der Waals surface area contributed by atoms with Gasteiger partial charge in [0, 0.05) is 0 Å². The zero-order valence-corrected chi connectivity index (χ0v) is 13.5. The highest BCUT2D eigenvalue weighted by atomic mass is 79.9. The summed E-state index contributed by atoms with van der Waals surface area (Å²) in [6, 6.07) is 9.20. The Kier molecular flexibility index (Phi) is 5.26. The highest BCUT2D eigenvalue weighted by Gasteiger charge is 2.18. The van der Waals surface area contributed by atoms with E-state index in [-0.39, 0.29) is 17.7 Å². The molecule has 3 N–H and O–H groups in total. The summed E-state index contributed by atoms with van der Waals surface area (Å²) in [6.07, 6.45) is 0.427. The molecule has 0 amide bonds. The smallest absolute Gasteiger partial charge is 0.137 e. The van der Waals surface area contributed by atoms with Crippen LogP contribution in [0.15, 0.2) is 45.3 Å². The number of hydrazine groups is 1. The summed E-state index contributed by atoms with van der Waals surface area (Å²) in [5.41, 5.74) is 4.08. The first-order valence-electron chi connectivity index (χ1n) is 5.87. The van der Waals surface area contributed by atoms with E-state index in [0.29, 0.717) is 20.9 Å². The molecule has 0 aromatic heterocycles. The van der Waals surface area contributed by atoms with E-state index >= 15 is 0 Å². The maximum Gasteiger partial charge on any atom is 0.137 e. The fraction of sp³-hybridized carbons (Fsp3) is 0.143. The molecule has 0 saturated carbocycles. The Bertz CT molecular complexity index is 620. The molecule has 0 spiro atoms. The number of hydrogen-bond donors (Lipinski definition) is 2. The molecule has 2 aromatic carbocycles. The molecule has 0 aliphatic heterocycles. The summed E-state index contributed by atoms with van der Waals surface area (Å²) in [4.78, 5) is 0. The molecule has 6 heteroatoms. The highest BCUT2D eigenvalue weighted by Crippen LogP contribution is 2.30. The van der Waals surface area contributed by atoms with E-state index < -0.39 is 0 Å². The molecule has 0 saturated heterocycles. The summed E-state index contributed by atoms with van der Waals surface area (Å²) < 4.78 is 27.8. The largest absolute Gasteiger partial charge is 0.271 e. The van der Waals surface area contributed by atoms with Gasteiger partial charge in [-0.15, -0.1) is 0 Å². The molecule has 106 valence electrons. The first-order valence-corrected chi connectivity index (χ1v) is 7.46. The zero-order chi connectivity index (χ0) is 14.7. The number of rotatable bonds is 4. The van der Waals surface area contributed by atoms with Crippen molar-refractivity contribution in [2.45, 2.75) is 12.5 Å².